The van der Waals surface area contributed by atoms with Gasteiger partial charge >= 0.3 is 0 Å². The number of carbonyl (C=O) groups is 1. The lowest BCUT2D eigenvalue weighted by Crippen LogP contribution is -2.31. The van der Waals surface area contributed by atoms with E-state index in [1.807, 2.05) is 31.2 Å². The molecule has 9 nitrogen and oxygen atoms in total. The summed E-state index contributed by atoms with van der Waals surface area (Å²) in [6.45, 7) is 4.38. The fourth-order valence-corrected chi connectivity index (χ4v) is 4.07. The number of amides is 1. The Labute approximate surface area is 185 Å². The van der Waals surface area contributed by atoms with E-state index < -0.39 is 0 Å². The summed E-state index contributed by atoms with van der Waals surface area (Å²) >= 11 is 0. The van der Waals surface area contributed by atoms with Crippen molar-refractivity contribution >= 4 is 5.91 Å². The highest BCUT2D eigenvalue weighted by Crippen LogP contribution is 2.33. The third-order valence-electron chi connectivity index (χ3n) is 5.87. The van der Waals surface area contributed by atoms with Gasteiger partial charge in [0.05, 0.1) is 24.0 Å². The summed E-state index contributed by atoms with van der Waals surface area (Å²) in [5.41, 5.74) is 1.89. The second-order valence-electron chi connectivity index (χ2n) is 8.16. The van der Waals surface area contributed by atoms with Gasteiger partial charge in [-0.1, -0.05) is 17.3 Å². The van der Waals surface area contributed by atoms with Gasteiger partial charge in [-0.15, -0.1) is 0 Å². The third kappa shape index (κ3) is 4.34. The van der Waals surface area contributed by atoms with Crippen molar-refractivity contribution in [2.45, 2.75) is 38.2 Å². The second kappa shape index (κ2) is 9.04. The molecule has 2 aromatic heterocycles. The number of rotatable bonds is 5. The van der Waals surface area contributed by atoms with Crippen LogP contribution in [0.15, 0.2) is 41.2 Å². The van der Waals surface area contributed by atoms with Crippen molar-refractivity contribution in [2.24, 2.45) is 0 Å². The molecule has 1 aromatic carbocycles. The quantitative estimate of drug-likeness (QED) is 0.602. The Hall–Kier alpha value is -3.33. The van der Waals surface area contributed by atoms with Gasteiger partial charge in [-0.3, -0.25) is 9.78 Å². The van der Waals surface area contributed by atoms with Crippen LogP contribution in [0.4, 0.5) is 0 Å². The van der Waals surface area contributed by atoms with E-state index in [1.54, 1.807) is 11.1 Å². The van der Waals surface area contributed by atoms with E-state index >= 15 is 0 Å². The van der Waals surface area contributed by atoms with Crippen molar-refractivity contribution < 1.29 is 18.8 Å². The van der Waals surface area contributed by atoms with Crippen molar-refractivity contribution in [2.75, 3.05) is 26.3 Å². The van der Waals surface area contributed by atoms with Crippen molar-refractivity contribution in [3.63, 3.8) is 0 Å². The molecule has 2 saturated heterocycles. The lowest BCUT2D eigenvalue weighted by atomic mass is 10.00. The highest BCUT2D eigenvalue weighted by atomic mass is 16.5. The Morgan fingerprint density at radius 3 is 2.78 bits per heavy atom. The molecule has 0 saturated carbocycles. The van der Waals surface area contributed by atoms with Gasteiger partial charge in [-0.05, 0) is 31.9 Å². The van der Waals surface area contributed by atoms with Crippen molar-refractivity contribution in [3.8, 4) is 17.2 Å². The van der Waals surface area contributed by atoms with E-state index in [-0.39, 0.29) is 17.9 Å². The van der Waals surface area contributed by atoms with Crippen LogP contribution in [-0.4, -0.2) is 63.3 Å². The molecule has 2 fully saturated rings. The summed E-state index contributed by atoms with van der Waals surface area (Å²) < 4.78 is 17.3. The maximum atomic E-state index is 12.7. The Bertz CT molecular complexity index is 1080. The van der Waals surface area contributed by atoms with Gasteiger partial charge in [0, 0.05) is 38.3 Å². The van der Waals surface area contributed by atoms with Crippen LogP contribution in [-0.2, 0) is 4.74 Å². The van der Waals surface area contributed by atoms with E-state index in [2.05, 4.69) is 20.1 Å². The van der Waals surface area contributed by atoms with E-state index in [0.717, 1.165) is 49.6 Å². The summed E-state index contributed by atoms with van der Waals surface area (Å²) in [4.78, 5) is 27.5. The Morgan fingerprint density at radius 1 is 1.12 bits per heavy atom. The predicted molar refractivity (Wildman–Crippen MR) is 114 cm³/mol. The van der Waals surface area contributed by atoms with Crippen molar-refractivity contribution in [3.05, 3.63) is 53.9 Å². The van der Waals surface area contributed by atoms with Crippen LogP contribution >= 0.6 is 0 Å². The Kier molecular flexibility index (Phi) is 5.81. The summed E-state index contributed by atoms with van der Waals surface area (Å²) in [7, 11) is 0. The van der Waals surface area contributed by atoms with Gasteiger partial charge in [0.25, 0.3) is 11.8 Å². The molecule has 1 unspecified atom stereocenters. The number of nitrogens with zero attached hydrogens (tertiary/aromatic N) is 5. The molecular formula is C23H25N5O4. The number of hydrogen-bond donors (Lipinski definition) is 0. The molecule has 166 valence electrons. The summed E-state index contributed by atoms with van der Waals surface area (Å²) in [5, 5.41) is 4.20. The normalized spacial score (nSPS) is 19.3. The molecule has 4 heterocycles. The number of aromatic nitrogens is 4. The zero-order valence-electron chi connectivity index (χ0n) is 17.9. The summed E-state index contributed by atoms with van der Waals surface area (Å²) in [6, 6.07) is 7.63. The number of aryl methyl sites for hydroxylation is 1. The Balaban J connectivity index is 1.27. The molecule has 1 amide bonds. The molecule has 3 aromatic rings. The molecule has 1 atom stereocenters. The van der Waals surface area contributed by atoms with E-state index in [0.29, 0.717) is 30.4 Å². The molecule has 0 spiro atoms. The number of para-hydroxylation sites is 1. The standard InChI is InChI=1S/C23H25N5O4/c1-15-12-25-19(13-24-15)23(29)28-9-6-17(14-28)31-20-5-3-2-4-18(20)22-26-21(27-32-22)16-7-10-30-11-8-16/h2-5,12-13,16-17H,6-11,14H2,1H3. The summed E-state index contributed by atoms with van der Waals surface area (Å²) in [5.74, 6) is 1.96. The molecule has 0 bridgehead atoms. The zero-order valence-corrected chi connectivity index (χ0v) is 17.9. The van der Waals surface area contributed by atoms with Gasteiger partial charge in [-0.25, -0.2) is 4.98 Å². The minimum atomic E-state index is -0.130. The second-order valence-corrected chi connectivity index (χ2v) is 8.16. The van der Waals surface area contributed by atoms with Gasteiger partial charge < -0.3 is 18.9 Å². The molecule has 9 heteroatoms. The minimum absolute atomic E-state index is 0.128. The van der Waals surface area contributed by atoms with Crippen LogP contribution in [0, 0.1) is 6.92 Å². The number of ether oxygens (including phenoxy) is 2. The summed E-state index contributed by atoms with van der Waals surface area (Å²) in [6.07, 6.45) is 5.52. The average molecular weight is 435 g/mol. The maximum absolute atomic E-state index is 12.7. The molecule has 2 aliphatic heterocycles. The number of likely N-dealkylation sites (tertiary alicyclic amines) is 1. The fourth-order valence-electron chi connectivity index (χ4n) is 4.07. The van der Waals surface area contributed by atoms with Crippen LogP contribution in [0.5, 0.6) is 5.75 Å². The number of benzene rings is 1. The fraction of sp³-hybridized carbons (Fsp3) is 0.435. The lowest BCUT2D eigenvalue weighted by molar-refractivity contribution is 0.0766. The van der Waals surface area contributed by atoms with Crippen LogP contribution in [0.25, 0.3) is 11.5 Å². The van der Waals surface area contributed by atoms with E-state index in [4.69, 9.17) is 14.0 Å². The van der Waals surface area contributed by atoms with Gasteiger partial charge in [-0.2, -0.15) is 4.98 Å². The first-order valence-corrected chi connectivity index (χ1v) is 10.9. The third-order valence-corrected chi connectivity index (χ3v) is 5.87. The van der Waals surface area contributed by atoms with Gasteiger partial charge in [0.2, 0.25) is 0 Å². The molecule has 32 heavy (non-hydrogen) atoms. The van der Waals surface area contributed by atoms with Crippen LogP contribution in [0.3, 0.4) is 0 Å². The number of hydrogen-bond acceptors (Lipinski definition) is 8. The van der Waals surface area contributed by atoms with E-state index in [1.165, 1.54) is 6.20 Å². The zero-order chi connectivity index (χ0) is 21.9. The monoisotopic (exact) mass is 435 g/mol. The molecular weight excluding hydrogens is 410 g/mol. The molecule has 0 aliphatic carbocycles. The first-order chi connectivity index (χ1) is 15.7. The van der Waals surface area contributed by atoms with Crippen molar-refractivity contribution in [1.29, 1.82) is 0 Å². The van der Waals surface area contributed by atoms with Gasteiger partial charge in [0.1, 0.15) is 17.5 Å². The number of carbonyl (C=O) groups excluding carboxylic acids is 1. The highest BCUT2D eigenvalue weighted by Gasteiger charge is 2.30. The molecule has 5 rings (SSSR count). The first-order valence-electron chi connectivity index (χ1n) is 10.9. The molecule has 0 radical (unpaired) electrons. The van der Waals surface area contributed by atoms with Crippen molar-refractivity contribution in [1.82, 2.24) is 25.0 Å². The van der Waals surface area contributed by atoms with Crippen LogP contribution in [0.1, 0.15) is 47.2 Å². The minimum Gasteiger partial charge on any atom is -0.488 e. The smallest absolute Gasteiger partial charge is 0.274 e. The van der Waals surface area contributed by atoms with Crippen LogP contribution in [0.2, 0.25) is 0 Å². The Morgan fingerprint density at radius 2 is 1.97 bits per heavy atom. The SMILES string of the molecule is Cc1cnc(C(=O)N2CCC(Oc3ccccc3-c3nc(C4CCOCC4)no3)C2)cn1. The molecule has 2 aliphatic rings. The highest BCUT2D eigenvalue weighted by molar-refractivity contribution is 5.92. The largest absolute Gasteiger partial charge is 0.488 e. The topological polar surface area (TPSA) is 103 Å². The van der Waals surface area contributed by atoms with E-state index in [9.17, 15) is 4.79 Å². The lowest BCUT2D eigenvalue weighted by Gasteiger charge is -2.18. The van der Waals surface area contributed by atoms with Crippen LogP contribution < -0.4 is 4.74 Å². The van der Waals surface area contributed by atoms with Gasteiger partial charge in [0.15, 0.2) is 5.82 Å². The predicted octanol–water partition coefficient (Wildman–Crippen LogP) is 3.02. The first kappa shape index (κ1) is 20.6. The molecule has 0 N–H and O–H groups in total. The maximum Gasteiger partial charge on any atom is 0.274 e. The average Bonchev–Trinajstić information content (AvgIpc) is 3.50.